The number of fused-ring (bicyclic) bond motifs is 1. The van der Waals surface area contributed by atoms with Gasteiger partial charge in [0, 0.05) is 12.6 Å². The molecule has 0 aliphatic carbocycles. The second kappa shape index (κ2) is 5.96. The second-order valence-corrected chi connectivity index (χ2v) is 7.55. The van der Waals surface area contributed by atoms with Crippen molar-refractivity contribution < 1.29 is 18.3 Å². The largest absolute Gasteiger partial charge is 0.496 e. The molecule has 3 rings (SSSR count). The van der Waals surface area contributed by atoms with Crippen LogP contribution < -0.4 is 4.74 Å². The van der Waals surface area contributed by atoms with Gasteiger partial charge < -0.3 is 9.84 Å². The van der Waals surface area contributed by atoms with Gasteiger partial charge in [-0.05, 0) is 24.1 Å². The minimum absolute atomic E-state index is 0.172. The van der Waals surface area contributed by atoms with Gasteiger partial charge in [-0.3, -0.25) is 0 Å². The first kappa shape index (κ1) is 16.0. The lowest BCUT2D eigenvalue weighted by Crippen LogP contribution is -2.46. The number of likely N-dealkylation sites (N-methyl/N-ethyl adjacent to an activating group) is 1. The van der Waals surface area contributed by atoms with E-state index in [4.69, 9.17) is 4.74 Å². The predicted molar refractivity (Wildman–Crippen MR) is 86.8 cm³/mol. The molecule has 0 fully saturated rings. The smallest absolute Gasteiger partial charge is 0.243 e. The molecule has 5 nitrogen and oxygen atoms in total. The Morgan fingerprint density at radius 2 is 1.78 bits per heavy atom. The van der Waals surface area contributed by atoms with E-state index in [0.29, 0.717) is 17.7 Å². The van der Waals surface area contributed by atoms with Crippen LogP contribution in [0.2, 0.25) is 0 Å². The molecule has 2 aromatic carbocycles. The molecule has 2 unspecified atom stereocenters. The summed E-state index contributed by atoms with van der Waals surface area (Å²) in [4.78, 5) is 0.172. The Bertz CT molecular complexity index is 819. The van der Waals surface area contributed by atoms with Crippen LogP contribution in [0.5, 0.6) is 5.75 Å². The Hall–Kier alpha value is -1.89. The number of methoxy groups -OCH3 is 1. The van der Waals surface area contributed by atoms with E-state index < -0.39 is 22.2 Å². The Labute approximate surface area is 136 Å². The van der Waals surface area contributed by atoms with Crippen molar-refractivity contribution in [2.75, 3.05) is 14.2 Å². The van der Waals surface area contributed by atoms with E-state index >= 15 is 0 Å². The van der Waals surface area contributed by atoms with Crippen molar-refractivity contribution in [1.82, 2.24) is 4.31 Å². The van der Waals surface area contributed by atoms with Crippen LogP contribution in [0.1, 0.15) is 17.2 Å². The molecule has 0 saturated carbocycles. The van der Waals surface area contributed by atoms with E-state index in [0.717, 1.165) is 5.56 Å². The van der Waals surface area contributed by atoms with Crippen LogP contribution in [-0.2, 0) is 16.4 Å². The number of sulfonamides is 1. The minimum Gasteiger partial charge on any atom is -0.496 e. The fourth-order valence-corrected chi connectivity index (χ4v) is 4.63. The standard InChI is InChI=1S/C17H19NO4S/c1-18-14(11-12-7-3-5-9-15(12)22-2)17(19)13-8-4-6-10-16(13)23(18,20)21/h3-10,14,17,19H,11H2,1-2H3. The van der Waals surface area contributed by atoms with E-state index in [2.05, 4.69) is 0 Å². The molecular formula is C17H19NO4S. The molecule has 1 N–H and O–H groups in total. The number of aliphatic hydroxyl groups excluding tert-OH is 1. The van der Waals surface area contributed by atoms with Gasteiger partial charge in [0.1, 0.15) is 5.75 Å². The number of hydrogen-bond acceptors (Lipinski definition) is 4. The van der Waals surface area contributed by atoms with Crippen molar-refractivity contribution in [3.63, 3.8) is 0 Å². The number of aliphatic hydroxyl groups is 1. The molecule has 1 aliphatic heterocycles. The van der Waals surface area contributed by atoms with Crippen molar-refractivity contribution in [3.8, 4) is 5.75 Å². The number of ether oxygens (including phenoxy) is 1. The third-order valence-corrected chi connectivity index (χ3v) is 6.30. The highest BCUT2D eigenvalue weighted by molar-refractivity contribution is 7.89. The maximum Gasteiger partial charge on any atom is 0.243 e. The minimum atomic E-state index is -3.61. The highest BCUT2D eigenvalue weighted by Gasteiger charge is 2.41. The Balaban J connectivity index is 2.04. The molecule has 1 aliphatic rings. The average molecular weight is 333 g/mol. The summed E-state index contributed by atoms with van der Waals surface area (Å²) >= 11 is 0. The molecule has 0 saturated heterocycles. The number of nitrogens with zero attached hydrogens (tertiary/aromatic N) is 1. The molecular weight excluding hydrogens is 314 g/mol. The fourth-order valence-electron chi connectivity index (χ4n) is 3.04. The summed E-state index contributed by atoms with van der Waals surface area (Å²) < 4.78 is 32.0. The van der Waals surface area contributed by atoms with Crippen LogP contribution in [0.15, 0.2) is 53.4 Å². The van der Waals surface area contributed by atoms with E-state index in [9.17, 15) is 13.5 Å². The second-order valence-electron chi connectivity index (χ2n) is 5.59. The van der Waals surface area contributed by atoms with Gasteiger partial charge in [-0.15, -0.1) is 0 Å². The Kier molecular flexibility index (Phi) is 4.14. The molecule has 6 heteroatoms. The first-order valence-electron chi connectivity index (χ1n) is 7.33. The zero-order valence-corrected chi connectivity index (χ0v) is 13.8. The number of hydrogen-bond donors (Lipinski definition) is 1. The van der Waals surface area contributed by atoms with Crippen LogP contribution in [0, 0.1) is 0 Å². The number of benzene rings is 2. The van der Waals surface area contributed by atoms with Crippen molar-refractivity contribution in [1.29, 1.82) is 0 Å². The molecule has 0 aromatic heterocycles. The zero-order valence-electron chi connectivity index (χ0n) is 13.0. The molecule has 122 valence electrons. The topological polar surface area (TPSA) is 66.8 Å². The van der Waals surface area contributed by atoms with Gasteiger partial charge in [-0.25, -0.2) is 8.42 Å². The van der Waals surface area contributed by atoms with Gasteiger partial charge in [0.25, 0.3) is 0 Å². The van der Waals surface area contributed by atoms with Crippen LogP contribution in [0.25, 0.3) is 0 Å². The van der Waals surface area contributed by atoms with E-state index in [1.165, 1.54) is 17.4 Å². The number of para-hydroxylation sites is 1. The van der Waals surface area contributed by atoms with E-state index in [1.54, 1.807) is 25.3 Å². The summed E-state index contributed by atoms with van der Waals surface area (Å²) in [5, 5.41) is 10.7. The highest BCUT2D eigenvalue weighted by atomic mass is 32.2. The summed E-state index contributed by atoms with van der Waals surface area (Å²) in [6.45, 7) is 0. The summed E-state index contributed by atoms with van der Waals surface area (Å²) in [5.74, 6) is 0.685. The number of rotatable bonds is 3. The third-order valence-electron chi connectivity index (χ3n) is 4.35. The van der Waals surface area contributed by atoms with Crippen molar-refractivity contribution in [2.24, 2.45) is 0 Å². The van der Waals surface area contributed by atoms with Gasteiger partial charge >= 0.3 is 0 Å². The van der Waals surface area contributed by atoms with Crippen molar-refractivity contribution >= 4 is 10.0 Å². The van der Waals surface area contributed by atoms with Gasteiger partial charge in [0.05, 0.1) is 24.2 Å². The van der Waals surface area contributed by atoms with Crippen LogP contribution in [0.4, 0.5) is 0 Å². The molecule has 0 spiro atoms. The molecule has 23 heavy (non-hydrogen) atoms. The summed E-state index contributed by atoms with van der Waals surface area (Å²) in [5.41, 5.74) is 1.31. The third kappa shape index (κ3) is 2.63. The molecule has 0 bridgehead atoms. The van der Waals surface area contributed by atoms with Crippen LogP contribution in [0.3, 0.4) is 0 Å². The van der Waals surface area contributed by atoms with Gasteiger partial charge in [-0.1, -0.05) is 36.4 Å². The SMILES string of the molecule is COc1ccccc1CC1C(O)c2ccccc2S(=O)(=O)N1C. The monoisotopic (exact) mass is 333 g/mol. The lowest BCUT2D eigenvalue weighted by Gasteiger charge is -2.37. The lowest BCUT2D eigenvalue weighted by molar-refractivity contribution is 0.0888. The van der Waals surface area contributed by atoms with Crippen LogP contribution in [-0.4, -0.2) is 38.0 Å². The fraction of sp³-hybridized carbons (Fsp3) is 0.294. The molecule has 2 atom stereocenters. The van der Waals surface area contributed by atoms with Gasteiger partial charge in [0.2, 0.25) is 10.0 Å². The summed E-state index contributed by atoms with van der Waals surface area (Å²) in [6.07, 6.45) is -0.514. The summed E-state index contributed by atoms with van der Waals surface area (Å²) in [7, 11) is -0.526. The first-order chi connectivity index (χ1) is 11.0. The van der Waals surface area contributed by atoms with Crippen molar-refractivity contribution in [2.45, 2.75) is 23.5 Å². The Morgan fingerprint density at radius 3 is 2.52 bits per heavy atom. The highest BCUT2D eigenvalue weighted by Crippen LogP contribution is 2.37. The lowest BCUT2D eigenvalue weighted by atomic mass is 9.95. The van der Waals surface area contributed by atoms with Crippen LogP contribution >= 0.6 is 0 Å². The van der Waals surface area contributed by atoms with Crippen molar-refractivity contribution in [3.05, 3.63) is 59.7 Å². The maximum absolute atomic E-state index is 12.7. The molecule has 2 aromatic rings. The molecule has 0 amide bonds. The normalized spacial score (nSPS) is 23.3. The predicted octanol–water partition coefficient (Wildman–Crippen LogP) is 1.97. The van der Waals surface area contributed by atoms with Gasteiger partial charge in [0.15, 0.2) is 0 Å². The quantitative estimate of drug-likeness (QED) is 0.933. The molecule has 0 radical (unpaired) electrons. The molecule has 1 heterocycles. The average Bonchev–Trinajstić information content (AvgIpc) is 2.57. The Morgan fingerprint density at radius 1 is 1.13 bits per heavy atom. The first-order valence-corrected chi connectivity index (χ1v) is 8.77. The van der Waals surface area contributed by atoms with Gasteiger partial charge in [-0.2, -0.15) is 4.31 Å². The zero-order chi connectivity index (χ0) is 16.6. The van der Waals surface area contributed by atoms with E-state index in [-0.39, 0.29) is 4.90 Å². The summed E-state index contributed by atoms with van der Waals surface area (Å²) in [6, 6.07) is 13.5. The maximum atomic E-state index is 12.7. The van der Waals surface area contributed by atoms with E-state index in [1.807, 2.05) is 24.3 Å².